The molecule has 3 unspecified atom stereocenters. The number of hydrogen-bond acceptors (Lipinski definition) is 8. The van der Waals surface area contributed by atoms with Gasteiger partial charge in [0.15, 0.2) is 0 Å². The van der Waals surface area contributed by atoms with Crippen molar-refractivity contribution in [3.63, 3.8) is 0 Å². The number of carboxylic acid groups (broad SMARTS) is 2. The second-order valence-electron chi connectivity index (χ2n) is 6.49. The minimum absolute atomic E-state index is 0.0297. The minimum Gasteiger partial charge on any atom is -0.508 e. The molecule has 31 heavy (non-hydrogen) atoms. The first-order valence-corrected chi connectivity index (χ1v) is 8.99. The van der Waals surface area contributed by atoms with E-state index in [4.69, 9.17) is 15.9 Å². The molecule has 3 atom stereocenters. The maximum atomic E-state index is 12.3. The summed E-state index contributed by atoms with van der Waals surface area (Å²) in [5.41, 5.74) is 6.42. The predicted octanol–water partition coefficient (Wildman–Crippen LogP) is -3.10. The quantitative estimate of drug-likeness (QED) is 0.163. The molecule has 0 saturated carbocycles. The SMILES string of the molecule is NC(Cc1ccc(O)cc1)C(=O)NC(CO)C(=O)NC(CC(=O)O)C(=O)NCC(=O)O. The standard InChI is InChI=1S/C18H24N4O9/c19-11(5-9-1-3-10(24)4-2-9)16(29)22-13(8-23)18(31)21-12(6-14(25)26)17(30)20-7-15(27)28/h1-4,11-13,23-24H,5-8,19H2,(H,20,30)(H,21,31)(H,22,29)(H,25,26)(H,27,28). The number of aliphatic hydroxyl groups excluding tert-OH is 1. The Kier molecular flexibility index (Phi) is 9.88. The van der Waals surface area contributed by atoms with E-state index in [1.165, 1.54) is 12.1 Å². The number of aliphatic hydroxyl groups is 1. The molecular formula is C18H24N4O9. The molecule has 0 aliphatic carbocycles. The van der Waals surface area contributed by atoms with Gasteiger partial charge >= 0.3 is 11.9 Å². The van der Waals surface area contributed by atoms with Crippen LogP contribution in [0.4, 0.5) is 0 Å². The Bertz CT molecular complexity index is 813. The molecule has 13 heteroatoms. The number of phenolic OH excluding ortho intramolecular Hbond substituents is 1. The molecule has 0 fully saturated rings. The molecule has 1 aromatic rings. The fourth-order valence-electron chi connectivity index (χ4n) is 2.39. The van der Waals surface area contributed by atoms with Gasteiger partial charge in [-0.25, -0.2) is 0 Å². The molecule has 0 heterocycles. The van der Waals surface area contributed by atoms with Gasteiger partial charge in [-0.15, -0.1) is 0 Å². The first kappa shape index (κ1) is 25.3. The highest BCUT2D eigenvalue weighted by atomic mass is 16.4. The lowest BCUT2D eigenvalue weighted by molar-refractivity contribution is -0.141. The molecule has 1 rings (SSSR count). The molecule has 0 spiro atoms. The Hall–Kier alpha value is -3.71. The highest BCUT2D eigenvalue weighted by Crippen LogP contribution is 2.11. The Morgan fingerprint density at radius 1 is 0.871 bits per heavy atom. The number of carbonyl (C=O) groups is 5. The summed E-state index contributed by atoms with van der Waals surface area (Å²) in [4.78, 5) is 58.0. The van der Waals surface area contributed by atoms with Gasteiger partial charge in [-0.3, -0.25) is 24.0 Å². The third kappa shape index (κ3) is 9.10. The van der Waals surface area contributed by atoms with Crippen molar-refractivity contribution in [3.05, 3.63) is 29.8 Å². The first-order chi connectivity index (χ1) is 14.5. The molecule has 13 nitrogen and oxygen atoms in total. The third-order valence-electron chi connectivity index (χ3n) is 3.97. The van der Waals surface area contributed by atoms with Crippen molar-refractivity contribution >= 4 is 29.7 Å². The van der Waals surface area contributed by atoms with Crippen molar-refractivity contribution in [1.82, 2.24) is 16.0 Å². The number of carbonyl (C=O) groups excluding carboxylic acids is 3. The van der Waals surface area contributed by atoms with Crippen LogP contribution in [0.2, 0.25) is 0 Å². The van der Waals surface area contributed by atoms with E-state index in [2.05, 4.69) is 10.6 Å². The zero-order valence-electron chi connectivity index (χ0n) is 16.3. The van der Waals surface area contributed by atoms with E-state index in [9.17, 15) is 34.2 Å². The summed E-state index contributed by atoms with van der Waals surface area (Å²) in [5.74, 6) is -5.72. The largest absolute Gasteiger partial charge is 0.508 e. The van der Waals surface area contributed by atoms with Gasteiger partial charge in [0, 0.05) is 0 Å². The highest BCUT2D eigenvalue weighted by molar-refractivity contribution is 5.95. The van der Waals surface area contributed by atoms with Crippen LogP contribution in [0.3, 0.4) is 0 Å². The van der Waals surface area contributed by atoms with E-state index in [-0.39, 0.29) is 12.2 Å². The van der Waals surface area contributed by atoms with Gasteiger partial charge in [0.2, 0.25) is 17.7 Å². The van der Waals surface area contributed by atoms with Crippen LogP contribution < -0.4 is 21.7 Å². The number of nitrogens with two attached hydrogens (primary N) is 1. The number of nitrogens with one attached hydrogen (secondary N) is 3. The van der Waals surface area contributed by atoms with E-state index in [1.807, 2.05) is 5.32 Å². The lowest BCUT2D eigenvalue weighted by atomic mass is 10.1. The van der Waals surface area contributed by atoms with Crippen LogP contribution in [-0.4, -0.2) is 81.4 Å². The number of phenols is 1. The Morgan fingerprint density at radius 2 is 1.45 bits per heavy atom. The topological polar surface area (TPSA) is 228 Å². The average molecular weight is 440 g/mol. The van der Waals surface area contributed by atoms with Crippen LogP contribution >= 0.6 is 0 Å². The maximum absolute atomic E-state index is 12.3. The Labute approximate surface area is 176 Å². The number of hydrogen-bond donors (Lipinski definition) is 8. The fourth-order valence-corrected chi connectivity index (χ4v) is 2.39. The number of carboxylic acids is 2. The van der Waals surface area contributed by atoms with Crippen molar-refractivity contribution in [1.29, 1.82) is 0 Å². The molecule has 1 aromatic carbocycles. The van der Waals surface area contributed by atoms with Gasteiger partial charge < -0.3 is 42.1 Å². The van der Waals surface area contributed by atoms with Gasteiger partial charge in [-0.2, -0.15) is 0 Å². The molecule has 0 bridgehead atoms. The van der Waals surface area contributed by atoms with E-state index in [0.29, 0.717) is 5.56 Å². The lowest BCUT2D eigenvalue weighted by Crippen LogP contribution is -2.57. The third-order valence-corrected chi connectivity index (χ3v) is 3.97. The van der Waals surface area contributed by atoms with Crippen LogP contribution in [-0.2, 0) is 30.4 Å². The van der Waals surface area contributed by atoms with E-state index in [1.54, 1.807) is 12.1 Å². The summed E-state index contributed by atoms with van der Waals surface area (Å²) in [6.07, 6.45) is -0.797. The smallest absolute Gasteiger partial charge is 0.322 e. The van der Waals surface area contributed by atoms with Gasteiger partial charge in [0.05, 0.1) is 19.1 Å². The molecule has 0 aliphatic heterocycles. The molecule has 9 N–H and O–H groups in total. The van der Waals surface area contributed by atoms with E-state index < -0.39 is 67.4 Å². The molecule has 170 valence electrons. The molecule has 0 aromatic heterocycles. The Morgan fingerprint density at radius 3 is 1.97 bits per heavy atom. The summed E-state index contributed by atoms with van der Waals surface area (Å²) in [6, 6.07) is 1.61. The second kappa shape index (κ2) is 12.1. The van der Waals surface area contributed by atoms with Crippen molar-refractivity contribution in [3.8, 4) is 5.75 Å². The van der Waals surface area contributed by atoms with Crippen molar-refractivity contribution in [2.45, 2.75) is 31.0 Å². The zero-order valence-corrected chi connectivity index (χ0v) is 16.3. The maximum Gasteiger partial charge on any atom is 0.322 e. The fraction of sp³-hybridized carbons (Fsp3) is 0.389. The van der Waals surface area contributed by atoms with Crippen molar-refractivity contribution < 1.29 is 44.4 Å². The van der Waals surface area contributed by atoms with Crippen molar-refractivity contribution in [2.75, 3.05) is 13.2 Å². The molecular weight excluding hydrogens is 416 g/mol. The number of benzene rings is 1. The monoisotopic (exact) mass is 440 g/mol. The minimum atomic E-state index is -1.64. The zero-order chi connectivity index (χ0) is 23.6. The molecule has 0 aliphatic rings. The van der Waals surface area contributed by atoms with Crippen LogP contribution in [0.25, 0.3) is 0 Å². The van der Waals surface area contributed by atoms with E-state index >= 15 is 0 Å². The lowest BCUT2D eigenvalue weighted by Gasteiger charge is -2.22. The summed E-state index contributed by atoms with van der Waals surface area (Å²) in [7, 11) is 0. The molecule has 3 amide bonds. The van der Waals surface area contributed by atoms with E-state index in [0.717, 1.165) is 0 Å². The summed E-state index contributed by atoms with van der Waals surface area (Å²) >= 11 is 0. The number of amides is 3. The summed E-state index contributed by atoms with van der Waals surface area (Å²) < 4.78 is 0. The van der Waals surface area contributed by atoms with Crippen LogP contribution in [0, 0.1) is 0 Å². The second-order valence-corrected chi connectivity index (χ2v) is 6.49. The highest BCUT2D eigenvalue weighted by Gasteiger charge is 2.29. The molecule has 0 radical (unpaired) electrons. The Balaban J connectivity index is 2.74. The van der Waals surface area contributed by atoms with Gasteiger partial charge in [-0.05, 0) is 24.1 Å². The number of aromatic hydroxyl groups is 1. The molecule has 0 saturated heterocycles. The average Bonchev–Trinajstić information content (AvgIpc) is 2.70. The van der Waals surface area contributed by atoms with Gasteiger partial charge in [0.25, 0.3) is 0 Å². The van der Waals surface area contributed by atoms with Crippen LogP contribution in [0.15, 0.2) is 24.3 Å². The van der Waals surface area contributed by atoms with Gasteiger partial charge in [-0.1, -0.05) is 12.1 Å². The number of aliphatic carboxylic acids is 2. The van der Waals surface area contributed by atoms with Gasteiger partial charge in [0.1, 0.15) is 24.4 Å². The number of rotatable bonds is 12. The first-order valence-electron chi connectivity index (χ1n) is 8.99. The van der Waals surface area contributed by atoms with Crippen molar-refractivity contribution in [2.24, 2.45) is 5.73 Å². The summed E-state index contributed by atoms with van der Waals surface area (Å²) in [5, 5.41) is 42.3. The van der Waals surface area contributed by atoms with Crippen LogP contribution in [0.1, 0.15) is 12.0 Å². The predicted molar refractivity (Wildman–Crippen MR) is 104 cm³/mol. The summed E-state index contributed by atoms with van der Waals surface area (Å²) in [6.45, 7) is -1.67. The normalized spacial score (nSPS) is 13.4. The van der Waals surface area contributed by atoms with Crippen LogP contribution in [0.5, 0.6) is 5.75 Å².